The van der Waals surface area contributed by atoms with Gasteiger partial charge in [0.25, 0.3) is 0 Å². The summed E-state index contributed by atoms with van der Waals surface area (Å²) in [5, 5.41) is 12.9. The van der Waals surface area contributed by atoms with Crippen LogP contribution in [0.25, 0.3) is 0 Å². The molecule has 7 heteroatoms. The summed E-state index contributed by atoms with van der Waals surface area (Å²) in [4.78, 5) is 31.9. The molecule has 1 fully saturated rings. The van der Waals surface area contributed by atoms with Crippen LogP contribution in [0.2, 0.25) is 0 Å². The Morgan fingerprint density at radius 2 is 2.06 bits per heavy atom. The van der Waals surface area contributed by atoms with Gasteiger partial charge in [-0.15, -0.1) is 11.8 Å². The van der Waals surface area contributed by atoms with E-state index in [2.05, 4.69) is 16.4 Å². The molecule has 0 aromatic carbocycles. The molecule has 32 heavy (non-hydrogen) atoms. The molecule has 3 rings (SSSR count). The minimum absolute atomic E-state index is 0.0397. The highest BCUT2D eigenvalue weighted by molar-refractivity contribution is 8.01. The summed E-state index contributed by atoms with van der Waals surface area (Å²) in [6.45, 7) is 11.9. The van der Waals surface area contributed by atoms with Gasteiger partial charge in [0.1, 0.15) is 5.60 Å². The van der Waals surface area contributed by atoms with Crippen molar-refractivity contribution in [3.8, 4) is 0 Å². The first-order valence-corrected chi connectivity index (χ1v) is 12.8. The number of cyclic esters (lactones) is 1. The number of thioether (sulfide) groups is 1. The van der Waals surface area contributed by atoms with Crippen molar-refractivity contribution in [2.45, 2.75) is 88.6 Å². The molecule has 5 nitrogen and oxygen atoms in total. The normalized spacial score (nSPS) is 21.8. The van der Waals surface area contributed by atoms with Crippen molar-refractivity contribution in [2.24, 2.45) is 5.92 Å². The lowest BCUT2D eigenvalue weighted by molar-refractivity contribution is -0.176. The predicted octanol–water partition coefficient (Wildman–Crippen LogP) is 5.25. The monoisotopic (exact) mass is 475 g/mol. The van der Waals surface area contributed by atoms with Crippen molar-refractivity contribution in [1.82, 2.24) is 4.98 Å². The van der Waals surface area contributed by atoms with Gasteiger partial charge in [0.2, 0.25) is 0 Å². The topological polar surface area (TPSA) is 76.5 Å². The smallest absolute Gasteiger partial charge is 0.327 e. The lowest BCUT2D eigenvalue weighted by atomic mass is 9.78. The number of aliphatic hydroxyl groups is 1. The van der Waals surface area contributed by atoms with Gasteiger partial charge >= 0.3 is 5.97 Å². The van der Waals surface area contributed by atoms with Gasteiger partial charge in [-0.25, -0.2) is 0 Å². The van der Waals surface area contributed by atoms with Gasteiger partial charge in [-0.2, -0.15) is 11.3 Å². The van der Waals surface area contributed by atoms with E-state index in [-0.39, 0.29) is 30.1 Å². The molecule has 0 radical (unpaired) electrons. The highest BCUT2D eigenvalue weighted by Gasteiger charge is 2.49. The Bertz CT molecular complexity index is 959. The summed E-state index contributed by atoms with van der Waals surface area (Å²) in [7, 11) is 0. The van der Waals surface area contributed by atoms with Crippen LogP contribution in [0, 0.1) is 12.8 Å². The molecule has 0 spiro atoms. The summed E-state index contributed by atoms with van der Waals surface area (Å²) in [6.07, 6.45) is 1.64. The second-order valence-corrected chi connectivity index (χ2v) is 11.8. The molecule has 2 atom stereocenters. The van der Waals surface area contributed by atoms with Crippen molar-refractivity contribution in [2.75, 3.05) is 0 Å². The lowest BCUT2D eigenvalue weighted by Crippen LogP contribution is -2.52. The van der Waals surface area contributed by atoms with Gasteiger partial charge in [0.15, 0.2) is 11.0 Å². The number of pyridine rings is 1. The Hall–Kier alpha value is -1.70. The van der Waals surface area contributed by atoms with Gasteiger partial charge in [-0.05, 0) is 59.7 Å². The van der Waals surface area contributed by atoms with Crippen molar-refractivity contribution < 1.29 is 19.4 Å². The van der Waals surface area contributed by atoms with Crippen molar-refractivity contribution >= 4 is 34.9 Å². The van der Waals surface area contributed by atoms with E-state index < -0.39 is 16.8 Å². The first-order valence-electron chi connectivity index (χ1n) is 11.0. The number of aryl methyl sites for hydroxylation is 2. The molecule has 0 bridgehead atoms. The molecule has 1 aliphatic rings. The number of esters is 1. The molecule has 2 aromatic heterocycles. The zero-order valence-corrected chi connectivity index (χ0v) is 21.4. The Balaban J connectivity index is 1.85. The first kappa shape index (κ1) is 24.9. The number of ketones is 1. The number of ether oxygens (including phenoxy) is 1. The second-order valence-electron chi connectivity index (χ2n) is 9.92. The van der Waals surface area contributed by atoms with Crippen LogP contribution in [-0.2, 0) is 32.8 Å². The first-order chi connectivity index (χ1) is 15.0. The van der Waals surface area contributed by atoms with E-state index in [1.807, 2.05) is 53.0 Å². The summed E-state index contributed by atoms with van der Waals surface area (Å²) >= 11 is 2.87. The minimum atomic E-state index is -0.898. The van der Waals surface area contributed by atoms with Gasteiger partial charge in [0, 0.05) is 16.7 Å². The van der Waals surface area contributed by atoms with Crippen molar-refractivity contribution in [1.29, 1.82) is 0 Å². The fourth-order valence-electron chi connectivity index (χ4n) is 4.00. The van der Waals surface area contributed by atoms with E-state index in [9.17, 15) is 14.7 Å². The van der Waals surface area contributed by atoms with Crippen LogP contribution in [0.1, 0.15) is 70.0 Å². The van der Waals surface area contributed by atoms with Crippen LogP contribution >= 0.6 is 23.1 Å². The Labute approximate surface area is 199 Å². The molecule has 2 unspecified atom stereocenters. The second kappa shape index (κ2) is 9.65. The summed E-state index contributed by atoms with van der Waals surface area (Å²) in [5.41, 5.74) is 2.36. The fraction of sp³-hybridized carbons (Fsp3) is 0.560. The number of thiophene rings is 1. The Morgan fingerprint density at radius 1 is 1.34 bits per heavy atom. The molecular formula is C25H33NO4S2. The van der Waals surface area contributed by atoms with Crippen LogP contribution < -0.4 is 0 Å². The van der Waals surface area contributed by atoms with Gasteiger partial charge in [-0.1, -0.05) is 34.6 Å². The highest BCUT2D eigenvalue weighted by Crippen LogP contribution is 2.42. The van der Waals surface area contributed by atoms with E-state index in [1.54, 1.807) is 11.3 Å². The standard InChI is InChI=1S/C25H33NO4S2/c1-15(2)25(9-7-17-8-10-31-14-17)12-19(28)21(23(29)30-25)32-20-11-16(3)18(13-27)26-22(20)24(4,5)6/h8,10-11,14-15,21,27H,7,9,12-13H2,1-6H3. The average Bonchev–Trinajstić information content (AvgIpc) is 3.22. The van der Waals surface area contributed by atoms with Crippen molar-refractivity contribution in [3.63, 3.8) is 0 Å². The third-order valence-corrected chi connectivity index (χ3v) is 8.13. The van der Waals surface area contributed by atoms with Crippen LogP contribution in [-0.4, -0.2) is 32.7 Å². The maximum absolute atomic E-state index is 13.3. The largest absolute Gasteiger partial charge is 0.457 e. The molecule has 0 amide bonds. The van der Waals surface area contributed by atoms with Crippen molar-refractivity contribution in [3.05, 3.63) is 45.4 Å². The molecular weight excluding hydrogens is 442 g/mol. The molecule has 3 heterocycles. The van der Waals surface area contributed by atoms with Crippen LogP contribution in [0.4, 0.5) is 0 Å². The number of carbonyl (C=O) groups excluding carboxylic acids is 2. The highest BCUT2D eigenvalue weighted by atomic mass is 32.2. The summed E-state index contributed by atoms with van der Waals surface area (Å²) in [6, 6.07) is 3.99. The van der Waals surface area contributed by atoms with Crippen LogP contribution in [0.5, 0.6) is 0 Å². The fourth-order valence-corrected chi connectivity index (χ4v) is 6.03. The maximum Gasteiger partial charge on any atom is 0.327 e. The molecule has 174 valence electrons. The van der Waals surface area contributed by atoms with E-state index in [0.717, 1.165) is 22.6 Å². The van der Waals surface area contributed by atoms with Crippen LogP contribution in [0.15, 0.2) is 27.8 Å². The minimum Gasteiger partial charge on any atom is -0.457 e. The average molecular weight is 476 g/mol. The lowest BCUT2D eigenvalue weighted by Gasteiger charge is -2.41. The zero-order chi connectivity index (χ0) is 23.7. The number of aliphatic hydroxyl groups excluding tert-OH is 1. The number of rotatable bonds is 7. The summed E-state index contributed by atoms with van der Waals surface area (Å²) < 4.78 is 6.05. The molecule has 1 aliphatic heterocycles. The maximum atomic E-state index is 13.3. The molecule has 0 saturated carbocycles. The molecule has 2 aromatic rings. The molecule has 0 aliphatic carbocycles. The number of hydrogen-bond donors (Lipinski definition) is 1. The van der Waals surface area contributed by atoms with E-state index in [0.29, 0.717) is 12.1 Å². The number of aromatic nitrogens is 1. The van der Waals surface area contributed by atoms with Gasteiger partial charge < -0.3 is 9.84 Å². The summed E-state index contributed by atoms with van der Waals surface area (Å²) in [5.74, 6) is -0.513. The quantitative estimate of drug-likeness (QED) is 0.436. The SMILES string of the molecule is Cc1cc(SC2C(=O)CC(CCc3ccsc3)(C(C)C)OC2=O)c(C(C)(C)C)nc1CO. The van der Waals surface area contributed by atoms with E-state index in [4.69, 9.17) is 4.74 Å². The van der Waals surface area contributed by atoms with Crippen LogP contribution in [0.3, 0.4) is 0 Å². The zero-order valence-electron chi connectivity index (χ0n) is 19.7. The number of carbonyl (C=O) groups is 2. The molecule has 1 saturated heterocycles. The van der Waals surface area contributed by atoms with Gasteiger partial charge in [0.05, 0.1) is 18.0 Å². The third-order valence-electron chi connectivity index (χ3n) is 6.14. The van der Waals surface area contributed by atoms with E-state index >= 15 is 0 Å². The Morgan fingerprint density at radius 3 is 2.59 bits per heavy atom. The molecule has 1 N–H and O–H groups in total. The number of nitrogens with zero attached hydrogens (tertiary/aromatic N) is 1. The number of hydrogen-bond acceptors (Lipinski definition) is 7. The Kier molecular flexibility index (Phi) is 7.52. The third kappa shape index (κ3) is 5.26. The predicted molar refractivity (Wildman–Crippen MR) is 129 cm³/mol. The van der Waals surface area contributed by atoms with E-state index in [1.165, 1.54) is 17.3 Å². The number of Topliss-reactive ketones (excluding diaryl/α,β-unsaturated/α-hetero) is 1. The van der Waals surface area contributed by atoms with Gasteiger partial charge in [-0.3, -0.25) is 14.6 Å².